The topological polar surface area (TPSA) is 54.0 Å². The summed E-state index contributed by atoms with van der Waals surface area (Å²) in [5, 5.41) is 14.6. The molecule has 0 spiro atoms. The van der Waals surface area contributed by atoms with E-state index in [-0.39, 0.29) is 12.3 Å². The second-order valence-corrected chi connectivity index (χ2v) is 5.37. The maximum Gasteiger partial charge on any atom is 0.109 e. The second kappa shape index (κ2) is 6.17. The van der Waals surface area contributed by atoms with E-state index in [1.54, 1.807) is 6.08 Å². The number of aliphatic hydroxyl groups excluding tert-OH is 1. The highest BCUT2D eigenvalue weighted by Gasteiger charge is 2.38. The zero-order valence-electron chi connectivity index (χ0n) is 9.79. The molecule has 0 aromatic heterocycles. The first-order valence-corrected chi connectivity index (χ1v) is 6.49. The summed E-state index contributed by atoms with van der Waals surface area (Å²) in [6.07, 6.45) is 3.14. The molecule has 0 bridgehead atoms. The first-order chi connectivity index (χ1) is 8.20. The molecule has 6 heteroatoms. The predicted octanol–water partition coefficient (Wildman–Crippen LogP) is 0.336. The van der Waals surface area contributed by atoms with E-state index < -0.39 is 0 Å². The fourth-order valence-corrected chi connectivity index (χ4v) is 2.67. The van der Waals surface area contributed by atoms with E-state index in [0.29, 0.717) is 17.8 Å². The Morgan fingerprint density at radius 1 is 1.59 bits per heavy atom. The Morgan fingerprint density at radius 3 is 3.00 bits per heavy atom. The summed E-state index contributed by atoms with van der Waals surface area (Å²) >= 11 is 4.47. The van der Waals surface area contributed by atoms with Crippen molar-refractivity contribution < 1.29 is 15.0 Å². The average Bonchev–Trinajstić information content (AvgIpc) is 2.65. The minimum absolute atomic E-state index is 0.268. The van der Waals surface area contributed by atoms with Gasteiger partial charge in [0.2, 0.25) is 0 Å². The fourth-order valence-electron chi connectivity index (χ4n) is 2.27. The van der Waals surface area contributed by atoms with Gasteiger partial charge in [0, 0.05) is 30.3 Å². The van der Waals surface area contributed by atoms with Crippen molar-refractivity contribution >= 4 is 12.6 Å². The molecule has 2 unspecified atom stereocenters. The molecule has 0 aromatic carbocycles. The quantitative estimate of drug-likeness (QED) is 0.211. The lowest BCUT2D eigenvalue weighted by Crippen LogP contribution is -2.54. The molecule has 2 fully saturated rings. The molecule has 2 heterocycles. The summed E-state index contributed by atoms with van der Waals surface area (Å²) in [7, 11) is 0. The highest BCUT2D eigenvalue weighted by atomic mass is 32.1. The van der Waals surface area contributed by atoms with E-state index in [9.17, 15) is 5.11 Å². The molecule has 2 aliphatic heterocycles. The Kier molecular flexibility index (Phi) is 4.84. The van der Waals surface area contributed by atoms with E-state index in [4.69, 9.17) is 9.88 Å². The van der Waals surface area contributed by atoms with E-state index in [1.807, 2.05) is 5.06 Å². The molecule has 2 aliphatic rings. The van der Waals surface area contributed by atoms with E-state index >= 15 is 0 Å². The highest BCUT2D eigenvalue weighted by Crippen LogP contribution is 2.29. The summed E-state index contributed by atoms with van der Waals surface area (Å²) in [6, 6.07) is 0.268. The number of hydroxylamine groups is 2. The van der Waals surface area contributed by atoms with Gasteiger partial charge in [0.05, 0.1) is 0 Å². The van der Waals surface area contributed by atoms with Crippen molar-refractivity contribution in [3.05, 3.63) is 12.7 Å². The number of hydrogen-bond acceptors (Lipinski definition) is 6. The van der Waals surface area contributed by atoms with Gasteiger partial charge in [0.1, 0.15) is 12.8 Å². The minimum atomic E-state index is -0.370. The van der Waals surface area contributed by atoms with Crippen molar-refractivity contribution in [3.63, 3.8) is 0 Å². The monoisotopic (exact) mass is 260 g/mol. The number of thiol groups is 1. The Bertz CT molecular complexity index is 267. The number of aliphatic hydroxyl groups is 1. The predicted molar refractivity (Wildman–Crippen MR) is 67.2 cm³/mol. The molecule has 0 amide bonds. The molecular weight excluding hydrogens is 240 g/mol. The van der Waals surface area contributed by atoms with Gasteiger partial charge in [-0.15, -0.1) is 11.6 Å². The van der Waals surface area contributed by atoms with Gasteiger partial charge in [-0.2, -0.15) is 17.7 Å². The molecule has 2 rings (SSSR count). The molecule has 5 nitrogen and oxygen atoms in total. The molecule has 0 saturated carbocycles. The molecule has 0 aliphatic carbocycles. The van der Waals surface area contributed by atoms with Crippen molar-refractivity contribution in [2.24, 2.45) is 5.92 Å². The zero-order chi connectivity index (χ0) is 12.3. The standard InChI is InChI=1S/C11H20N2O3S/c1-2-3-15-16-13-7-10(17)5-9(13)4-8-6-12-11(8)14/h2,8-12,14,17H,1,3-7H2/t8?,9-,10+,11?/m1/s1. The van der Waals surface area contributed by atoms with Crippen LogP contribution in [0.1, 0.15) is 12.8 Å². The summed E-state index contributed by atoms with van der Waals surface area (Å²) in [5.41, 5.74) is 0. The number of rotatable bonds is 6. The highest BCUT2D eigenvalue weighted by molar-refractivity contribution is 7.81. The van der Waals surface area contributed by atoms with Crippen LogP contribution in [0.3, 0.4) is 0 Å². The van der Waals surface area contributed by atoms with Gasteiger partial charge >= 0.3 is 0 Å². The largest absolute Gasteiger partial charge is 0.378 e. The fraction of sp³-hybridized carbons (Fsp3) is 0.818. The van der Waals surface area contributed by atoms with Crippen LogP contribution in [0.25, 0.3) is 0 Å². The molecule has 2 saturated heterocycles. The number of nitrogens with one attached hydrogen (secondary N) is 1. The van der Waals surface area contributed by atoms with Crippen molar-refractivity contribution in [3.8, 4) is 0 Å². The summed E-state index contributed by atoms with van der Waals surface area (Å²) in [6.45, 7) is 5.55. The molecule has 17 heavy (non-hydrogen) atoms. The average molecular weight is 260 g/mol. The van der Waals surface area contributed by atoms with Gasteiger partial charge in [-0.05, 0) is 12.8 Å². The minimum Gasteiger partial charge on any atom is -0.378 e. The molecule has 4 atom stereocenters. The maximum absolute atomic E-state index is 9.50. The van der Waals surface area contributed by atoms with Crippen LogP contribution in [-0.4, -0.2) is 47.4 Å². The van der Waals surface area contributed by atoms with Gasteiger partial charge in [-0.3, -0.25) is 5.32 Å². The summed E-state index contributed by atoms with van der Waals surface area (Å²) in [4.78, 5) is 10.2. The van der Waals surface area contributed by atoms with Crippen LogP contribution in [0, 0.1) is 5.92 Å². The normalized spacial score (nSPS) is 38.0. The van der Waals surface area contributed by atoms with Crippen LogP contribution in [0.2, 0.25) is 0 Å². The maximum atomic E-state index is 9.50. The number of hydrogen-bond donors (Lipinski definition) is 3. The van der Waals surface area contributed by atoms with Crippen molar-refractivity contribution in [1.29, 1.82) is 0 Å². The van der Waals surface area contributed by atoms with E-state index in [0.717, 1.165) is 25.9 Å². The lowest BCUT2D eigenvalue weighted by atomic mass is 9.92. The third-order valence-corrected chi connectivity index (χ3v) is 3.66. The second-order valence-electron chi connectivity index (χ2n) is 4.64. The van der Waals surface area contributed by atoms with Crippen molar-refractivity contribution in [1.82, 2.24) is 10.4 Å². The molecule has 2 N–H and O–H groups in total. The van der Waals surface area contributed by atoms with Gasteiger partial charge in [-0.1, -0.05) is 6.08 Å². The lowest BCUT2D eigenvalue weighted by Gasteiger charge is -2.36. The van der Waals surface area contributed by atoms with Crippen LogP contribution >= 0.6 is 12.6 Å². The first-order valence-electron chi connectivity index (χ1n) is 5.97. The van der Waals surface area contributed by atoms with Gasteiger partial charge in [0.15, 0.2) is 0 Å². The van der Waals surface area contributed by atoms with Crippen LogP contribution in [0.15, 0.2) is 12.7 Å². The van der Waals surface area contributed by atoms with Crippen molar-refractivity contribution in [2.75, 3.05) is 19.7 Å². The van der Waals surface area contributed by atoms with Gasteiger partial charge < -0.3 is 5.11 Å². The van der Waals surface area contributed by atoms with Gasteiger partial charge in [-0.25, -0.2) is 4.89 Å². The zero-order valence-corrected chi connectivity index (χ0v) is 10.7. The molecular formula is C11H20N2O3S. The lowest BCUT2D eigenvalue weighted by molar-refractivity contribution is -0.426. The molecule has 98 valence electrons. The number of nitrogens with zero attached hydrogens (tertiary/aromatic N) is 1. The smallest absolute Gasteiger partial charge is 0.109 e. The summed E-state index contributed by atoms with van der Waals surface area (Å²) < 4.78 is 0. The molecule has 0 aromatic rings. The SMILES string of the molecule is C=CCOON1C[C@@H](S)C[C@H]1CC1CNC1O. The third kappa shape index (κ3) is 3.43. The Labute approximate surface area is 107 Å². The van der Waals surface area contributed by atoms with E-state index in [1.165, 1.54) is 0 Å². The third-order valence-electron chi connectivity index (χ3n) is 3.29. The first kappa shape index (κ1) is 13.3. The van der Waals surface area contributed by atoms with Crippen molar-refractivity contribution in [2.45, 2.75) is 30.4 Å². The van der Waals surface area contributed by atoms with Crippen LogP contribution in [0.4, 0.5) is 0 Å². The van der Waals surface area contributed by atoms with Crippen LogP contribution in [-0.2, 0) is 9.88 Å². The summed E-state index contributed by atoms with van der Waals surface area (Å²) in [5.74, 6) is 0.309. The Hall–Kier alpha value is -0.110. The molecule has 0 radical (unpaired) electrons. The Morgan fingerprint density at radius 2 is 2.41 bits per heavy atom. The Balaban J connectivity index is 1.78. The van der Waals surface area contributed by atoms with E-state index in [2.05, 4.69) is 24.5 Å². The van der Waals surface area contributed by atoms with Crippen LogP contribution in [0.5, 0.6) is 0 Å². The van der Waals surface area contributed by atoms with Gasteiger partial charge in [0.25, 0.3) is 0 Å². The van der Waals surface area contributed by atoms with Crippen LogP contribution < -0.4 is 5.32 Å².